The molecule has 24 heavy (non-hydrogen) atoms. The molecule has 1 aromatic heterocycles. The van der Waals surface area contributed by atoms with Crippen LogP contribution in [0.15, 0.2) is 54.7 Å². The number of carbonyl (C=O) groups is 1. The molecule has 1 fully saturated rings. The zero-order valence-corrected chi connectivity index (χ0v) is 14.0. The third-order valence-corrected chi connectivity index (χ3v) is 5.05. The first-order valence-electron chi connectivity index (χ1n) is 8.32. The summed E-state index contributed by atoms with van der Waals surface area (Å²) in [5.41, 5.74) is 3.30. The number of fused-ring (bicyclic) bond motifs is 1. The summed E-state index contributed by atoms with van der Waals surface area (Å²) in [7, 11) is 0. The molecule has 4 rings (SSSR count). The van der Waals surface area contributed by atoms with E-state index in [1.807, 2.05) is 42.6 Å². The van der Waals surface area contributed by atoms with Crippen molar-refractivity contribution >= 4 is 28.4 Å². The van der Waals surface area contributed by atoms with Gasteiger partial charge >= 0.3 is 0 Å². The Morgan fingerprint density at radius 3 is 2.67 bits per heavy atom. The Morgan fingerprint density at radius 2 is 1.88 bits per heavy atom. The van der Waals surface area contributed by atoms with Crippen LogP contribution in [0.5, 0.6) is 0 Å². The maximum Gasteiger partial charge on any atom is 0.223 e. The monoisotopic (exact) mass is 338 g/mol. The third kappa shape index (κ3) is 2.92. The number of H-pyrrole nitrogens is 1. The van der Waals surface area contributed by atoms with Crippen molar-refractivity contribution in [2.24, 2.45) is 5.92 Å². The number of halogens is 1. The summed E-state index contributed by atoms with van der Waals surface area (Å²) in [6, 6.07) is 16.1. The highest BCUT2D eigenvalue weighted by molar-refractivity contribution is 6.31. The number of nitrogens with one attached hydrogen (secondary N) is 2. The van der Waals surface area contributed by atoms with Crippen molar-refractivity contribution in [1.82, 2.24) is 10.3 Å². The lowest BCUT2D eigenvalue weighted by Crippen LogP contribution is -2.30. The fourth-order valence-electron chi connectivity index (χ4n) is 3.22. The second kappa shape index (κ2) is 6.33. The van der Waals surface area contributed by atoms with Crippen LogP contribution in [-0.2, 0) is 4.79 Å². The van der Waals surface area contributed by atoms with Gasteiger partial charge in [0.25, 0.3) is 0 Å². The Kier molecular flexibility index (Phi) is 4.03. The Labute approximate surface area is 146 Å². The zero-order valence-electron chi connectivity index (χ0n) is 13.3. The van der Waals surface area contributed by atoms with Crippen molar-refractivity contribution in [1.29, 1.82) is 0 Å². The summed E-state index contributed by atoms with van der Waals surface area (Å²) in [5.74, 6) is 0.393. The molecule has 0 spiro atoms. The van der Waals surface area contributed by atoms with Gasteiger partial charge in [0.05, 0.1) is 0 Å². The highest BCUT2D eigenvalue weighted by atomic mass is 35.5. The quantitative estimate of drug-likeness (QED) is 0.707. The van der Waals surface area contributed by atoms with E-state index < -0.39 is 0 Å². The molecule has 4 heteroatoms. The van der Waals surface area contributed by atoms with Crippen LogP contribution >= 0.6 is 11.6 Å². The number of rotatable bonds is 5. The molecule has 3 aromatic rings. The maximum absolute atomic E-state index is 12.1. The van der Waals surface area contributed by atoms with Crippen LogP contribution in [0.4, 0.5) is 0 Å². The van der Waals surface area contributed by atoms with Crippen LogP contribution in [-0.4, -0.2) is 17.4 Å². The van der Waals surface area contributed by atoms with E-state index in [1.165, 1.54) is 5.39 Å². The van der Waals surface area contributed by atoms with Crippen LogP contribution in [0.2, 0.25) is 5.02 Å². The molecule has 3 nitrogen and oxygen atoms in total. The van der Waals surface area contributed by atoms with Crippen molar-refractivity contribution in [3.63, 3.8) is 0 Å². The molecule has 122 valence electrons. The van der Waals surface area contributed by atoms with Crippen molar-refractivity contribution in [3.8, 4) is 0 Å². The Morgan fingerprint density at radius 1 is 1.12 bits per heavy atom. The van der Waals surface area contributed by atoms with E-state index in [2.05, 4.69) is 22.4 Å². The maximum atomic E-state index is 12.1. The van der Waals surface area contributed by atoms with Crippen LogP contribution in [0.25, 0.3) is 10.9 Å². The van der Waals surface area contributed by atoms with E-state index in [0.29, 0.717) is 6.54 Å². The number of hydrogen-bond donors (Lipinski definition) is 2. The van der Waals surface area contributed by atoms with Crippen LogP contribution in [0.3, 0.4) is 0 Å². The minimum atomic E-state index is 0.0255. The average molecular weight is 339 g/mol. The number of para-hydroxylation sites is 1. The lowest BCUT2D eigenvalue weighted by atomic mass is 9.90. The minimum Gasteiger partial charge on any atom is -0.361 e. The lowest BCUT2D eigenvalue weighted by molar-refractivity contribution is -0.122. The van der Waals surface area contributed by atoms with Gasteiger partial charge in [-0.3, -0.25) is 4.79 Å². The largest absolute Gasteiger partial charge is 0.361 e. The lowest BCUT2D eigenvalue weighted by Gasteiger charge is -2.19. The molecule has 1 heterocycles. The van der Waals surface area contributed by atoms with Gasteiger partial charge < -0.3 is 10.3 Å². The number of aromatic amines is 1. The number of amides is 1. The van der Waals surface area contributed by atoms with Crippen LogP contribution < -0.4 is 5.32 Å². The van der Waals surface area contributed by atoms with Gasteiger partial charge in [0, 0.05) is 40.5 Å². The summed E-state index contributed by atoms with van der Waals surface area (Å²) in [6.07, 6.45) is 4.05. The predicted octanol–water partition coefficient (Wildman–Crippen LogP) is 4.48. The fraction of sp³-hybridized carbons (Fsp3) is 0.250. The van der Waals surface area contributed by atoms with E-state index in [-0.39, 0.29) is 17.7 Å². The second-order valence-electron chi connectivity index (χ2n) is 6.38. The first-order chi connectivity index (χ1) is 11.7. The molecule has 1 saturated carbocycles. The van der Waals surface area contributed by atoms with Gasteiger partial charge in [-0.05, 0) is 36.1 Å². The van der Waals surface area contributed by atoms with Gasteiger partial charge in [0.1, 0.15) is 0 Å². The molecule has 0 aliphatic heterocycles. The standard InChI is InChI=1S/C20H19ClN2O/c21-18-7-3-1-5-14(18)16(12-23-20(24)13-9-10-13)17-11-22-19-8-4-2-6-15(17)19/h1-8,11,13,16,22H,9-10,12H2,(H,23,24). The number of hydrogen-bond acceptors (Lipinski definition) is 1. The fourth-order valence-corrected chi connectivity index (χ4v) is 3.49. The molecule has 1 unspecified atom stereocenters. The Hall–Kier alpha value is -2.26. The molecule has 1 atom stereocenters. The highest BCUT2D eigenvalue weighted by Gasteiger charge is 2.30. The summed E-state index contributed by atoms with van der Waals surface area (Å²) in [5, 5.41) is 5.01. The summed E-state index contributed by atoms with van der Waals surface area (Å²) in [4.78, 5) is 15.4. The third-order valence-electron chi connectivity index (χ3n) is 4.71. The van der Waals surface area contributed by atoms with E-state index in [0.717, 1.165) is 34.5 Å². The average Bonchev–Trinajstić information content (AvgIpc) is 3.37. The summed E-state index contributed by atoms with van der Waals surface area (Å²) in [6.45, 7) is 0.556. The Balaban J connectivity index is 1.72. The predicted molar refractivity (Wildman–Crippen MR) is 97.3 cm³/mol. The van der Waals surface area contributed by atoms with Crippen molar-refractivity contribution < 1.29 is 4.79 Å². The van der Waals surface area contributed by atoms with E-state index in [4.69, 9.17) is 11.6 Å². The van der Waals surface area contributed by atoms with Crippen molar-refractivity contribution in [2.75, 3.05) is 6.54 Å². The zero-order chi connectivity index (χ0) is 16.5. The molecule has 2 aromatic carbocycles. The molecule has 0 saturated heterocycles. The summed E-state index contributed by atoms with van der Waals surface area (Å²) >= 11 is 6.45. The SMILES string of the molecule is O=C(NCC(c1ccccc1Cl)c1c[nH]c2ccccc12)C1CC1. The van der Waals surface area contributed by atoms with Crippen molar-refractivity contribution in [3.05, 3.63) is 70.9 Å². The highest BCUT2D eigenvalue weighted by Crippen LogP contribution is 2.34. The van der Waals surface area contributed by atoms with E-state index in [1.54, 1.807) is 0 Å². The normalized spacial score (nSPS) is 15.4. The number of aromatic nitrogens is 1. The molecular formula is C20H19ClN2O. The molecule has 1 aliphatic carbocycles. The summed E-state index contributed by atoms with van der Waals surface area (Å²) < 4.78 is 0. The van der Waals surface area contributed by atoms with E-state index in [9.17, 15) is 4.79 Å². The van der Waals surface area contributed by atoms with Gasteiger partial charge in [0.2, 0.25) is 5.91 Å². The van der Waals surface area contributed by atoms with Crippen LogP contribution in [0.1, 0.15) is 29.9 Å². The smallest absolute Gasteiger partial charge is 0.223 e. The van der Waals surface area contributed by atoms with Crippen molar-refractivity contribution in [2.45, 2.75) is 18.8 Å². The number of benzene rings is 2. The van der Waals surface area contributed by atoms with Gasteiger partial charge in [-0.1, -0.05) is 48.0 Å². The van der Waals surface area contributed by atoms with Gasteiger partial charge in [-0.2, -0.15) is 0 Å². The van der Waals surface area contributed by atoms with E-state index >= 15 is 0 Å². The molecule has 2 N–H and O–H groups in total. The van der Waals surface area contributed by atoms with Crippen LogP contribution in [0, 0.1) is 5.92 Å². The molecular weight excluding hydrogens is 320 g/mol. The molecule has 1 amide bonds. The van der Waals surface area contributed by atoms with Gasteiger partial charge in [0.15, 0.2) is 0 Å². The molecule has 1 aliphatic rings. The number of carbonyl (C=O) groups excluding carboxylic acids is 1. The van der Waals surface area contributed by atoms with Gasteiger partial charge in [-0.15, -0.1) is 0 Å². The first-order valence-corrected chi connectivity index (χ1v) is 8.70. The molecule has 0 bridgehead atoms. The Bertz CT molecular complexity index is 882. The molecule has 0 radical (unpaired) electrons. The first kappa shape index (κ1) is 15.3. The second-order valence-corrected chi connectivity index (χ2v) is 6.79. The topological polar surface area (TPSA) is 44.9 Å². The minimum absolute atomic E-state index is 0.0255. The van der Waals surface area contributed by atoms with Gasteiger partial charge in [-0.25, -0.2) is 0 Å².